The van der Waals surface area contributed by atoms with Crippen molar-refractivity contribution in [1.82, 2.24) is 4.90 Å². The van der Waals surface area contributed by atoms with Crippen LogP contribution in [0.25, 0.3) is 5.76 Å². The average Bonchev–Trinajstić information content (AvgIpc) is 3.57. The van der Waals surface area contributed by atoms with E-state index in [2.05, 4.69) is 0 Å². The molecule has 214 valence electrons. The number of aliphatic hydroxyl groups excluding tert-OH is 1. The van der Waals surface area contributed by atoms with Gasteiger partial charge in [0, 0.05) is 12.1 Å². The topological polar surface area (TPSA) is 122 Å². The number of hydrogen-bond acceptors (Lipinski definition) is 10. The minimum Gasteiger partial charge on any atom is -0.507 e. The van der Waals surface area contributed by atoms with E-state index in [4.69, 9.17) is 33.2 Å². The summed E-state index contributed by atoms with van der Waals surface area (Å²) < 4.78 is 38.1. The van der Waals surface area contributed by atoms with Crippen LogP contribution in [0.1, 0.15) is 22.7 Å². The molecule has 0 radical (unpaired) electrons. The van der Waals surface area contributed by atoms with E-state index in [-0.39, 0.29) is 30.2 Å². The third kappa shape index (κ3) is 4.79. The van der Waals surface area contributed by atoms with Crippen molar-refractivity contribution >= 4 is 17.4 Å². The number of ether oxygens (including phenoxy) is 7. The number of methoxy groups -OCH3 is 5. The van der Waals surface area contributed by atoms with E-state index >= 15 is 0 Å². The maximum Gasteiger partial charge on any atom is 0.295 e. The Morgan fingerprint density at radius 3 is 2.10 bits per heavy atom. The van der Waals surface area contributed by atoms with Crippen molar-refractivity contribution in [2.75, 3.05) is 42.3 Å². The number of carbonyl (C=O) groups excluding carboxylic acids is 2. The second kappa shape index (κ2) is 11.2. The Kier molecular flexibility index (Phi) is 7.52. The van der Waals surface area contributed by atoms with Crippen molar-refractivity contribution in [1.29, 1.82) is 0 Å². The molecule has 0 aliphatic carbocycles. The summed E-state index contributed by atoms with van der Waals surface area (Å²) in [6.45, 7) is 0.130. The third-order valence-electron chi connectivity index (χ3n) is 6.99. The zero-order chi connectivity index (χ0) is 29.3. The maximum absolute atomic E-state index is 13.6. The summed E-state index contributed by atoms with van der Waals surface area (Å²) >= 11 is 0. The normalized spacial score (nSPS) is 17.0. The zero-order valence-corrected chi connectivity index (χ0v) is 23.2. The first-order valence-corrected chi connectivity index (χ1v) is 12.5. The molecule has 11 nitrogen and oxygen atoms in total. The smallest absolute Gasteiger partial charge is 0.295 e. The van der Waals surface area contributed by atoms with Crippen LogP contribution in [0, 0.1) is 0 Å². The number of amides is 1. The lowest BCUT2D eigenvalue weighted by Gasteiger charge is -2.27. The Morgan fingerprint density at radius 2 is 1.46 bits per heavy atom. The molecule has 0 bridgehead atoms. The van der Waals surface area contributed by atoms with Gasteiger partial charge in [-0.15, -0.1) is 0 Å². The van der Waals surface area contributed by atoms with Crippen LogP contribution in [0.4, 0.5) is 0 Å². The highest BCUT2D eigenvalue weighted by atomic mass is 16.7. The highest BCUT2D eigenvalue weighted by Crippen LogP contribution is 2.47. The van der Waals surface area contributed by atoms with Gasteiger partial charge in [0.25, 0.3) is 11.7 Å². The molecule has 1 atom stereocenters. The summed E-state index contributed by atoms with van der Waals surface area (Å²) in [6.07, 6.45) is 0. The van der Waals surface area contributed by atoms with E-state index in [1.165, 1.54) is 46.5 Å². The molecule has 1 saturated heterocycles. The predicted octanol–water partition coefficient (Wildman–Crippen LogP) is 4.08. The van der Waals surface area contributed by atoms with E-state index in [1.54, 1.807) is 42.5 Å². The number of aliphatic hydroxyl groups is 1. The first-order chi connectivity index (χ1) is 19.8. The van der Waals surface area contributed by atoms with Crippen molar-refractivity contribution < 1.29 is 47.9 Å². The summed E-state index contributed by atoms with van der Waals surface area (Å²) in [5.41, 5.74) is 1.31. The van der Waals surface area contributed by atoms with Gasteiger partial charge in [0.2, 0.25) is 12.5 Å². The van der Waals surface area contributed by atoms with Gasteiger partial charge in [0.15, 0.2) is 34.5 Å². The Balaban J connectivity index is 1.69. The summed E-state index contributed by atoms with van der Waals surface area (Å²) in [6, 6.07) is 12.3. The highest BCUT2D eigenvalue weighted by Gasteiger charge is 2.46. The van der Waals surface area contributed by atoms with Crippen molar-refractivity contribution in [2.24, 2.45) is 0 Å². The molecule has 1 amide bonds. The molecule has 0 unspecified atom stereocenters. The van der Waals surface area contributed by atoms with Gasteiger partial charge < -0.3 is 43.2 Å². The molecular formula is C30H29NO10. The van der Waals surface area contributed by atoms with Crippen molar-refractivity contribution in [2.45, 2.75) is 12.6 Å². The van der Waals surface area contributed by atoms with Gasteiger partial charge in [-0.25, -0.2) is 0 Å². The minimum absolute atomic E-state index is 0.0330. The van der Waals surface area contributed by atoms with E-state index in [0.717, 1.165) is 0 Å². The molecule has 3 aromatic carbocycles. The van der Waals surface area contributed by atoms with Crippen molar-refractivity contribution in [3.8, 4) is 40.2 Å². The quantitative estimate of drug-likeness (QED) is 0.232. The molecule has 3 aromatic rings. The average molecular weight is 564 g/mol. The number of fused-ring (bicyclic) bond motifs is 1. The summed E-state index contributed by atoms with van der Waals surface area (Å²) in [4.78, 5) is 28.6. The second-order valence-electron chi connectivity index (χ2n) is 9.14. The lowest BCUT2D eigenvalue weighted by molar-refractivity contribution is -0.140. The molecule has 1 fully saturated rings. The Bertz CT molecular complexity index is 1520. The van der Waals surface area contributed by atoms with Crippen LogP contribution in [0.5, 0.6) is 40.2 Å². The van der Waals surface area contributed by atoms with Gasteiger partial charge in [-0.05, 0) is 53.6 Å². The SMILES string of the molecule is COc1ccc(C(O)=C2C(=O)C(=O)N(Cc3ccc4c(c3)OCO4)[C@@H]2c2cc(OC)c(OC)c(OC)c2)cc1OC. The number of ketones is 1. The first-order valence-electron chi connectivity index (χ1n) is 12.5. The number of likely N-dealkylation sites (tertiary alicyclic amines) is 1. The predicted molar refractivity (Wildman–Crippen MR) is 146 cm³/mol. The van der Waals surface area contributed by atoms with Gasteiger partial charge in [-0.3, -0.25) is 9.59 Å². The minimum atomic E-state index is -1.01. The fourth-order valence-electron chi connectivity index (χ4n) is 5.02. The molecule has 2 heterocycles. The number of carbonyl (C=O) groups is 2. The Labute approximate surface area is 236 Å². The highest BCUT2D eigenvalue weighted by molar-refractivity contribution is 6.46. The number of Topliss-reactive ketones (excluding diaryl/α,β-unsaturated/α-hetero) is 1. The van der Waals surface area contributed by atoms with Gasteiger partial charge in [-0.1, -0.05) is 6.07 Å². The number of hydrogen-bond donors (Lipinski definition) is 1. The third-order valence-corrected chi connectivity index (χ3v) is 6.99. The maximum atomic E-state index is 13.6. The molecule has 41 heavy (non-hydrogen) atoms. The van der Waals surface area contributed by atoms with E-state index < -0.39 is 17.7 Å². The van der Waals surface area contributed by atoms with Crippen molar-refractivity contribution in [3.63, 3.8) is 0 Å². The van der Waals surface area contributed by atoms with E-state index in [0.29, 0.717) is 51.4 Å². The number of nitrogens with zero attached hydrogens (tertiary/aromatic N) is 1. The van der Waals surface area contributed by atoms with Crippen LogP contribution < -0.4 is 33.2 Å². The monoisotopic (exact) mass is 563 g/mol. The van der Waals surface area contributed by atoms with Crippen LogP contribution >= 0.6 is 0 Å². The molecule has 2 aliphatic heterocycles. The Morgan fingerprint density at radius 1 is 0.805 bits per heavy atom. The molecule has 0 aromatic heterocycles. The van der Waals surface area contributed by atoms with Gasteiger partial charge in [-0.2, -0.15) is 0 Å². The molecular weight excluding hydrogens is 534 g/mol. The molecule has 0 saturated carbocycles. The van der Waals surface area contributed by atoms with Crippen LogP contribution in [-0.4, -0.2) is 64.0 Å². The summed E-state index contributed by atoms with van der Waals surface area (Å²) in [5.74, 6) is 0.870. The fourth-order valence-corrected chi connectivity index (χ4v) is 5.02. The van der Waals surface area contributed by atoms with Crippen LogP contribution in [-0.2, 0) is 16.1 Å². The lowest BCUT2D eigenvalue weighted by atomic mass is 9.94. The molecule has 11 heteroatoms. The molecule has 0 spiro atoms. The second-order valence-corrected chi connectivity index (χ2v) is 9.14. The number of rotatable bonds is 9. The summed E-state index contributed by atoms with van der Waals surface area (Å²) in [5, 5.41) is 11.5. The van der Waals surface area contributed by atoms with E-state index in [1.807, 2.05) is 0 Å². The van der Waals surface area contributed by atoms with Crippen LogP contribution in [0.2, 0.25) is 0 Å². The molecule has 5 rings (SSSR count). The largest absolute Gasteiger partial charge is 0.507 e. The van der Waals surface area contributed by atoms with Gasteiger partial charge in [0.1, 0.15) is 5.76 Å². The summed E-state index contributed by atoms with van der Waals surface area (Å²) in [7, 11) is 7.36. The van der Waals surface area contributed by atoms with Crippen molar-refractivity contribution in [3.05, 3.63) is 70.8 Å². The Hall–Kier alpha value is -5.06. The van der Waals surface area contributed by atoms with Gasteiger partial charge >= 0.3 is 0 Å². The number of benzene rings is 3. The molecule has 1 N–H and O–H groups in total. The zero-order valence-electron chi connectivity index (χ0n) is 23.2. The van der Waals surface area contributed by atoms with E-state index in [9.17, 15) is 14.7 Å². The standard InChI is InChI=1S/C30H29NO10/c1-35-19-9-7-17(11-21(19)36-2)27(32)25-26(18-12-23(37-3)29(39-5)24(13-18)38-4)31(30(34)28(25)33)14-16-6-8-20-22(10-16)41-15-40-20/h6-13,26,32H,14-15H2,1-5H3/t26-/m1/s1. The van der Waals surface area contributed by atoms with Gasteiger partial charge in [0.05, 0.1) is 47.2 Å². The first kappa shape index (κ1) is 27.5. The van der Waals surface area contributed by atoms with Crippen LogP contribution in [0.3, 0.4) is 0 Å². The van der Waals surface area contributed by atoms with Crippen LogP contribution in [0.15, 0.2) is 54.1 Å². The molecule has 2 aliphatic rings. The lowest BCUT2D eigenvalue weighted by Crippen LogP contribution is -2.29. The fraction of sp³-hybridized carbons (Fsp3) is 0.267.